The van der Waals surface area contributed by atoms with E-state index in [1.807, 2.05) is 49.4 Å². The minimum atomic E-state index is 0.153. The van der Waals surface area contributed by atoms with Gasteiger partial charge in [0.2, 0.25) is 0 Å². The Balaban J connectivity index is 1.63. The standard InChI is InChI=1S/C20H20N4O2/c1-12-7-8-14-15(9-12)23-20(22-14)18-16(25)11-24(19(18)21)10-13-5-3-4-6-17(13)26-2/h3-9,21,25H,10-11H2,1-2H3,(H,22,23). The minimum absolute atomic E-state index is 0.153. The molecule has 3 N–H and O–H groups in total. The molecule has 2 heterocycles. The Morgan fingerprint density at radius 1 is 1.27 bits per heavy atom. The number of ether oxygens (including phenoxy) is 1. The highest BCUT2D eigenvalue weighted by Gasteiger charge is 2.30. The molecule has 26 heavy (non-hydrogen) atoms. The van der Waals surface area contributed by atoms with Crippen LogP contribution in [0.4, 0.5) is 0 Å². The van der Waals surface area contributed by atoms with Crippen molar-refractivity contribution in [2.75, 3.05) is 13.7 Å². The number of nitrogens with one attached hydrogen (secondary N) is 2. The average molecular weight is 348 g/mol. The molecule has 0 amide bonds. The number of benzene rings is 2. The fraction of sp³-hybridized carbons (Fsp3) is 0.200. The zero-order chi connectivity index (χ0) is 18.3. The number of aliphatic hydroxyl groups is 1. The average Bonchev–Trinajstić information content (AvgIpc) is 3.15. The summed E-state index contributed by atoms with van der Waals surface area (Å²) < 4.78 is 5.39. The van der Waals surface area contributed by atoms with Crippen molar-refractivity contribution in [3.05, 3.63) is 65.2 Å². The summed E-state index contributed by atoms with van der Waals surface area (Å²) in [7, 11) is 1.63. The van der Waals surface area contributed by atoms with Crippen LogP contribution in [0.25, 0.3) is 16.6 Å². The van der Waals surface area contributed by atoms with Gasteiger partial charge in [0.15, 0.2) is 0 Å². The normalized spacial score (nSPS) is 14.5. The smallest absolute Gasteiger partial charge is 0.145 e. The first-order chi connectivity index (χ1) is 12.6. The summed E-state index contributed by atoms with van der Waals surface area (Å²) in [5.41, 5.74) is 4.27. The number of fused-ring (bicyclic) bond motifs is 1. The quantitative estimate of drug-likeness (QED) is 0.672. The molecule has 0 aliphatic carbocycles. The number of methoxy groups -OCH3 is 1. The molecule has 4 rings (SSSR count). The van der Waals surface area contributed by atoms with E-state index in [4.69, 9.17) is 10.1 Å². The molecule has 6 heteroatoms. The number of imidazole rings is 1. The number of aryl methyl sites for hydroxylation is 1. The van der Waals surface area contributed by atoms with Gasteiger partial charge >= 0.3 is 0 Å². The van der Waals surface area contributed by atoms with E-state index >= 15 is 0 Å². The van der Waals surface area contributed by atoms with Gasteiger partial charge in [-0.3, -0.25) is 5.41 Å². The number of aromatic nitrogens is 2. The second-order valence-corrected chi connectivity index (χ2v) is 6.44. The van der Waals surface area contributed by atoms with Crippen LogP contribution in [0.5, 0.6) is 5.75 Å². The van der Waals surface area contributed by atoms with Crippen LogP contribution in [0.3, 0.4) is 0 Å². The van der Waals surface area contributed by atoms with Crippen LogP contribution in [-0.4, -0.2) is 39.5 Å². The van der Waals surface area contributed by atoms with Gasteiger partial charge in [0.05, 0.1) is 30.3 Å². The highest BCUT2D eigenvalue weighted by atomic mass is 16.5. The Labute approximate surface area is 151 Å². The van der Waals surface area contributed by atoms with Crippen LogP contribution >= 0.6 is 0 Å². The predicted octanol–water partition coefficient (Wildman–Crippen LogP) is 3.64. The van der Waals surface area contributed by atoms with E-state index < -0.39 is 0 Å². The molecule has 3 aromatic rings. The highest BCUT2D eigenvalue weighted by molar-refractivity contribution is 6.23. The highest BCUT2D eigenvalue weighted by Crippen LogP contribution is 2.30. The molecule has 2 aromatic carbocycles. The molecule has 0 fully saturated rings. The summed E-state index contributed by atoms with van der Waals surface area (Å²) in [6, 6.07) is 13.6. The van der Waals surface area contributed by atoms with Crippen molar-refractivity contribution in [1.29, 1.82) is 5.41 Å². The third kappa shape index (κ3) is 2.69. The Hall–Kier alpha value is -3.28. The van der Waals surface area contributed by atoms with Gasteiger partial charge in [0, 0.05) is 12.1 Å². The van der Waals surface area contributed by atoms with Gasteiger partial charge in [0.1, 0.15) is 23.2 Å². The lowest BCUT2D eigenvalue weighted by atomic mass is 10.2. The Kier molecular flexibility index (Phi) is 3.88. The number of H-pyrrole nitrogens is 1. The lowest BCUT2D eigenvalue weighted by molar-refractivity contribution is 0.341. The van der Waals surface area contributed by atoms with E-state index in [1.54, 1.807) is 12.0 Å². The van der Waals surface area contributed by atoms with Crippen molar-refractivity contribution in [2.45, 2.75) is 13.5 Å². The first-order valence-corrected chi connectivity index (χ1v) is 8.41. The number of hydrogen-bond donors (Lipinski definition) is 3. The summed E-state index contributed by atoms with van der Waals surface area (Å²) in [6.45, 7) is 2.78. The van der Waals surface area contributed by atoms with Crippen LogP contribution in [0, 0.1) is 12.3 Å². The molecule has 0 bridgehead atoms. The molecular formula is C20H20N4O2. The third-order valence-corrected chi connectivity index (χ3v) is 4.61. The van der Waals surface area contributed by atoms with Gasteiger partial charge in [0.25, 0.3) is 0 Å². The maximum Gasteiger partial charge on any atom is 0.145 e. The summed E-state index contributed by atoms with van der Waals surface area (Å²) >= 11 is 0. The summed E-state index contributed by atoms with van der Waals surface area (Å²) in [5.74, 6) is 1.70. The number of para-hydroxylation sites is 1. The monoisotopic (exact) mass is 348 g/mol. The maximum atomic E-state index is 10.5. The molecule has 0 saturated carbocycles. The van der Waals surface area contributed by atoms with E-state index in [1.165, 1.54) is 0 Å². The molecule has 0 saturated heterocycles. The van der Waals surface area contributed by atoms with Crippen molar-refractivity contribution >= 4 is 22.4 Å². The first-order valence-electron chi connectivity index (χ1n) is 8.41. The summed E-state index contributed by atoms with van der Waals surface area (Å²) in [5, 5.41) is 19.0. The summed E-state index contributed by atoms with van der Waals surface area (Å²) in [6.07, 6.45) is 0. The fourth-order valence-electron chi connectivity index (χ4n) is 3.30. The molecule has 0 unspecified atom stereocenters. The molecule has 0 radical (unpaired) electrons. The third-order valence-electron chi connectivity index (χ3n) is 4.61. The number of hydrogen-bond acceptors (Lipinski definition) is 4. The van der Waals surface area contributed by atoms with Gasteiger partial charge in [-0.1, -0.05) is 24.3 Å². The number of aliphatic hydroxyl groups excluding tert-OH is 1. The van der Waals surface area contributed by atoms with Crippen LogP contribution in [0.2, 0.25) is 0 Å². The van der Waals surface area contributed by atoms with Crippen molar-refractivity contribution < 1.29 is 9.84 Å². The Bertz CT molecular complexity index is 1040. The zero-order valence-electron chi connectivity index (χ0n) is 14.7. The van der Waals surface area contributed by atoms with Crippen molar-refractivity contribution in [3.8, 4) is 5.75 Å². The second kappa shape index (κ2) is 6.22. The number of aromatic amines is 1. The molecule has 6 nitrogen and oxygen atoms in total. The largest absolute Gasteiger partial charge is 0.510 e. The topological polar surface area (TPSA) is 85.2 Å². The molecule has 1 aromatic heterocycles. The molecule has 0 atom stereocenters. The van der Waals surface area contributed by atoms with Crippen LogP contribution in [0.1, 0.15) is 17.0 Å². The maximum absolute atomic E-state index is 10.5. The predicted molar refractivity (Wildman–Crippen MR) is 102 cm³/mol. The van der Waals surface area contributed by atoms with Crippen LogP contribution < -0.4 is 4.74 Å². The Morgan fingerprint density at radius 2 is 2.08 bits per heavy atom. The molecule has 1 aliphatic rings. The van der Waals surface area contributed by atoms with E-state index in [-0.39, 0.29) is 18.1 Å². The van der Waals surface area contributed by atoms with Crippen molar-refractivity contribution in [2.24, 2.45) is 0 Å². The molecule has 132 valence electrons. The van der Waals surface area contributed by atoms with Gasteiger partial charge in [-0.15, -0.1) is 0 Å². The van der Waals surface area contributed by atoms with E-state index in [9.17, 15) is 5.11 Å². The molecule has 1 aliphatic heterocycles. The van der Waals surface area contributed by atoms with Crippen LogP contribution in [0.15, 0.2) is 48.2 Å². The zero-order valence-corrected chi connectivity index (χ0v) is 14.7. The Morgan fingerprint density at radius 3 is 2.88 bits per heavy atom. The number of rotatable bonds is 4. The summed E-state index contributed by atoms with van der Waals surface area (Å²) in [4.78, 5) is 9.58. The number of nitrogens with zero attached hydrogens (tertiary/aromatic N) is 2. The van der Waals surface area contributed by atoms with Gasteiger partial charge in [-0.2, -0.15) is 0 Å². The minimum Gasteiger partial charge on any atom is -0.510 e. The van der Waals surface area contributed by atoms with Gasteiger partial charge < -0.3 is 19.7 Å². The van der Waals surface area contributed by atoms with E-state index in [0.717, 1.165) is 27.9 Å². The second-order valence-electron chi connectivity index (χ2n) is 6.44. The van der Waals surface area contributed by atoms with Gasteiger partial charge in [-0.25, -0.2) is 4.98 Å². The van der Waals surface area contributed by atoms with E-state index in [2.05, 4.69) is 9.97 Å². The van der Waals surface area contributed by atoms with Crippen molar-refractivity contribution in [1.82, 2.24) is 14.9 Å². The SMILES string of the molecule is COc1ccccc1CN1CC(O)=C(c2nc3ccc(C)cc3[nH]2)C1=N. The van der Waals surface area contributed by atoms with Crippen molar-refractivity contribution in [3.63, 3.8) is 0 Å². The van der Waals surface area contributed by atoms with Gasteiger partial charge in [-0.05, 0) is 30.7 Å². The van der Waals surface area contributed by atoms with Crippen LogP contribution in [-0.2, 0) is 6.54 Å². The lowest BCUT2D eigenvalue weighted by Gasteiger charge is -2.20. The molecule has 0 spiro atoms. The first kappa shape index (κ1) is 16.2. The fourth-order valence-corrected chi connectivity index (χ4v) is 3.30. The molecular weight excluding hydrogens is 328 g/mol. The van der Waals surface area contributed by atoms with E-state index in [0.29, 0.717) is 17.9 Å². The number of amidine groups is 1. The lowest BCUT2D eigenvalue weighted by Crippen LogP contribution is -2.26.